The van der Waals surface area contributed by atoms with Crippen molar-refractivity contribution in [2.75, 3.05) is 0 Å². The van der Waals surface area contributed by atoms with Crippen molar-refractivity contribution in [3.05, 3.63) is 42.1 Å². The molecule has 3 heteroatoms. The van der Waals surface area contributed by atoms with Gasteiger partial charge in [0.05, 0.1) is 0 Å². The Bertz CT molecular complexity index is 520. The molecule has 0 aliphatic carbocycles. The van der Waals surface area contributed by atoms with Gasteiger partial charge in [0, 0.05) is 17.5 Å². The molecular weight excluding hydrogens is 188 g/mol. The van der Waals surface area contributed by atoms with E-state index in [1.165, 1.54) is 5.56 Å². The zero-order valence-electron chi connectivity index (χ0n) is 8.60. The number of nitrogens with two attached hydrogens (primary N) is 1. The highest BCUT2D eigenvalue weighted by molar-refractivity contribution is 5.79. The fourth-order valence-corrected chi connectivity index (χ4v) is 1.74. The lowest BCUT2D eigenvalue weighted by Crippen LogP contribution is -2.41. The summed E-state index contributed by atoms with van der Waals surface area (Å²) in [5.74, 6) is -0.325. The predicted molar refractivity (Wildman–Crippen MR) is 58.1 cm³/mol. The van der Waals surface area contributed by atoms with Crippen LogP contribution in [-0.4, -0.2) is 5.91 Å². The van der Waals surface area contributed by atoms with E-state index in [0.29, 0.717) is 0 Å². The summed E-state index contributed by atoms with van der Waals surface area (Å²) in [6.45, 7) is 2.28. The summed E-state index contributed by atoms with van der Waals surface area (Å²) in [7, 11) is 0. The van der Waals surface area contributed by atoms with Gasteiger partial charge in [-0.3, -0.25) is 4.79 Å². The van der Waals surface area contributed by atoms with Crippen LogP contribution in [0.25, 0.3) is 10.9 Å². The van der Waals surface area contributed by atoms with Crippen LogP contribution in [0.4, 0.5) is 0 Å². The molecule has 1 heterocycles. The first-order valence-electron chi connectivity index (χ1n) is 4.84. The highest BCUT2D eigenvalue weighted by atomic mass is 16.1. The largest absolute Gasteiger partial charge is 0.364 e. The van der Waals surface area contributed by atoms with Crippen LogP contribution in [0.3, 0.4) is 0 Å². The van der Waals surface area contributed by atoms with Gasteiger partial charge in [-0.1, -0.05) is 12.1 Å². The van der Waals surface area contributed by atoms with Crippen molar-refractivity contribution < 1.29 is 9.36 Å². The summed E-state index contributed by atoms with van der Waals surface area (Å²) in [4.78, 5) is 10.9. The fraction of sp³-hybridized carbons (Fsp3) is 0.167. The third-order valence-electron chi connectivity index (χ3n) is 2.47. The van der Waals surface area contributed by atoms with Crippen LogP contribution in [0.2, 0.25) is 0 Å². The van der Waals surface area contributed by atoms with Gasteiger partial charge >= 0.3 is 0 Å². The van der Waals surface area contributed by atoms with Gasteiger partial charge < -0.3 is 5.73 Å². The number of amides is 1. The third-order valence-corrected chi connectivity index (χ3v) is 2.47. The van der Waals surface area contributed by atoms with Gasteiger partial charge in [0.2, 0.25) is 12.1 Å². The zero-order chi connectivity index (χ0) is 10.8. The summed E-state index contributed by atoms with van der Waals surface area (Å²) < 4.78 is 1.87. The Morgan fingerprint density at radius 2 is 2.07 bits per heavy atom. The number of aryl methyl sites for hydroxylation is 1. The number of rotatable bonds is 2. The summed E-state index contributed by atoms with van der Waals surface area (Å²) in [6, 6.07) is 9.97. The fourth-order valence-electron chi connectivity index (χ4n) is 1.74. The zero-order valence-corrected chi connectivity index (χ0v) is 8.60. The molecule has 0 atom stereocenters. The van der Waals surface area contributed by atoms with Crippen LogP contribution in [0.15, 0.2) is 36.5 Å². The lowest BCUT2D eigenvalue weighted by Gasteiger charge is -2.01. The lowest BCUT2D eigenvalue weighted by atomic mass is 10.1. The van der Waals surface area contributed by atoms with Crippen molar-refractivity contribution in [2.45, 2.75) is 13.5 Å². The van der Waals surface area contributed by atoms with Gasteiger partial charge in [-0.05, 0) is 18.6 Å². The number of aromatic nitrogens is 1. The van der Waals surface area contributed by atoms with Gasteiger partial charge in [0.25, 0.3) is 5.91 Å². The van der Waals surface area contributed by atoms with Gasteiger partial charge in [-0.25, -0.2) is 0 Å². The maximum absolute atomic E-state index is 10.9. The van der Waals surface area contributed by atoms with E-state index in [2.05, 4.69) is 6.92 Å². The summed E-state index contributed by atoms with van der Waals surface area (Å²) in [5.41, 5.74) is 7.43. The molecular formula is C12H13N2O+. The Hall–Kier alpha value is -1.90. The van der Waals surface area contributed by atoms with E-state index in [1.54, 1.807) is 0 Å². The number of carbonyl (C=O) groups is 1. The minimum absolute atomic E-state index is 0.223. The van der Waals surface area contributed by atoms with Crippen molar-refractivity contribution in [3.63, 3.8) is 0 Å². The molecule has 15 heavy (non-hydrogen) atoms. The minimum Gasteiger partial charge on any atom is -0.364 e. The van der Waals surface area contributed by atoms with E-state index >= 15 is 0 Å². The average Bonchev–Trinajstić information content (AvgIpc) is 2.22. The SMILES string of the molecule is Cc1cc[n+](CC(N)=O)c2ccccc12. The topological polar surface area (TPSA) is 47.0 Å². The maximum Gasteiger partial charge on any atom is 0.283 e. The second-order valence-electron chi connectivity index (χ2n) is 3.61. The highest BCUT2D eigenvalue weighted by Crippen LogP contribution is 2.13. The van der Waals surface area contributed by atoms with Crippen LogP contribution in [0.5, 0.6) is 0 Å². The van der Waals surface area contributed by atoms with Crippen molar-refractivity contribution in [2.24, 2.45) is 5.73 Å². The molecule has 2 aromatic rings. The summed E-state index contributed by atoms with van der Waals surface area (Å²) in [5, 5.41) is 1.15. The Balaban J connectivity index is 2.66. The maximum atomic E-state index is 10.9. The number of hydrogen-bond donors (Lipinski definition) is 1. The molecule has 1 amide bonds. The molecule has 0 unspecified atom stereocenters. The standard InChI is InChI=1S/C12H12N2O/c1-9-6-7-14(8-12(13)15)11-5-3-2-4-10(9)11/h2-7H,8H2,1H3,(H-,13,15)/p+1. The second kappa shape index (κ2) is 3.69. The third kappa shape index (κ3) is 1.81. The molecule has 0 aliphatic rings. The molecule has 0 saturated carbocycles. The quantitative estimate of drug-likeness (QED) is 0.722. The number of primary amides is 1. The predicted octanol–water partition coefficient (Wildman–Crippen LogP) is 0.921. The van der Waals surface area contributed by atoms with E-state index in [9.17, 15) is 4.79 Å². The number of carbonyl (C=O) groups excluding carboxylic acids is 1. The van der Waals surface area contributed by atoms with Gasteiger partial charge in [-0.15, -0.1) is 0 Å². The van der Waals surface area contributed by atoms with Crippen molar-refractivity contribution in [1.82, 2.24) is 0 Å². The van der Waals surface area contributed by atoms with E-state index in [4.69, 9.17) is 5.73 Å². The van der Waals surface area contributed by atoms with Gasteiger partial charge in [0.1, 0.15) is 0 Å². The van der Waals surface area contributed by atoms with E-state index in [1.807, 2.05) is 41.1 Å². The van der Waals surface area contributed by atoms with Crippen LogP contribution < -0.4 is 10.3 Å². The first kappa shape index (κ1) is 9.65. The van der Waals surface area contributed by atoms with Crippen LogP contribution in [0.1, 0.15) is 5.56 Å². The van der Waals surface area contributed by atoms with Crippen molar-refractivity contribution in [1.29, 1.82) is 0 Å². The number of para-hydroxylation sites is 1. The smallest absolute Gasteiger partial charge is 0.283 e. The first-order chi connectivity index (χ1) is 7.18. The molecule has 0 fully saturated rings. The summed E-state index contributed by atoms with van der Waals surface area (Å²) in [6.07, 6.45) is 1.89. The van der Waals surface area contributed by atoms with E-state index in [0.717, 1.165) is 10.9 Å². The Labute approximate surface area is 88.1 Å². The second-order valence-corrected chi connectivity index (χ2v) is 3.61. The molecule has 2 N–H and O–H groups in total. The molecule has 0 saturated heterocycles. The molecule has 3 nitrogen and oxygen atoms in total. The van der Waals surface area contributed by atoms with Crippen molar-refractivity contribution >= 4 is 16.8 Å². The molecule has 1 aromatic carbocycles. The van der Waals surface area contributed by atoms with Crippen LogP contribution in [-0.2, 0) is 11.3 Å². The molecule has 76 valence electrons. The lowest BCUT2D eigenvalue weighted by molar-refractivity contribution is -0.658. The van der Waals surface area contributed by atoms with Crippen LogP contribution in [0, 0.1) is 6.92 Å². The molecule has 1 aromatic heterocycles. The monoisotopic (exact) mass is 201 g/mol. The Morgan fingerprint density at radius 3 is 2.80 bits per heavy atom. The Morgan fingerprint density at radius 1 is 1.33 bits per heavy atom. The highest BCUT2D eigenvalue weighted by Gasteiger charge is 2.11. The molecule has 0 bridgehead atoms. The molecule has 0 aliphatic heterocycles. The van der Waals surface area contributed by atoms with Gasteiger partial charge in [-0.2, -0.15) is 4.57 Å². The Kier molecular flexibility index (Phi) is 2.37. The number of benzene rings is 1. The number of hydrogen-bond acceptors (Lipinski definition) is 1. The minimum atomic E-state index is -0.325. The van der Waals surface area contributed by atoms with Gasteiger partial charge in [0.15, 0.2) is 6.20 Å². The number of fused-ring (bicyclic) bond motifs is 1. The van der Waals surface area contributed by atoms with Crippen molar-refractivity contribution in [3.8, 4) is 0 Å². The summed E-state index contributed by atoms with van der Waals surface area (Å²) >= 11 is 0. The number of nitrogens with zero attached hydrogens (tertiary/aromatic N) is 1. The van der Waals surface area contributed by atoms with E-state index < -0.39 is 0 Å². The van der Waals surface area contributed by atoms with E-state index in [-0.39, 0.29) is 12.5 Å². The molecule has 0 spiro atoms. The molecule has 2 rings (SSSR count). The average molecular weight is 201 g/mol. The normalized spacial score (nSPS) is 10.5. The molecule has 0 radical (unpaired) electrons. The first-order valence-corrected chi connectivity index (χ1v) is 4.84. The van der Waals surface area contributed by atoms with Crippen LogP contribution >= 0.6 is 0 Å². The number of pyridine rings is 1.